The molecular weight excluding hydrogens is 404 g/mol. The van der Waals surface area contributed by atoms with Crippen molar-refractivity contribution in [1.29, 1.82) is 0 Å². The highest BCUT2D eigenvalue weighted by Crippen LogP contribution is 2.25. The fraction of sp³-hybridized carbons (Fsp3) is 0.0800. The highest BCUT2D eigenvalue weighted by atomic mass is 32.1. The second kappa shape index (κ2) is 8.16. The van der Waals surface area contributed by atoms with E-state index in [1.54, 1.807) is 4.57 Å². The first-order chi connectivity index (χ1) is 15.2. The zero-order chi connectivity index (χ0) is 21.2. The van der Waals surface area contributed by atoms with Crippen LogP contribution in [0.5, 0.6) is 0 Å². The predicted molar refractivity (Wildman–Crippen MR) is 127 cm³/mol. The van der Waals surface area contributed by atoms with Crippen molar-refractivity contribution >= 4 is 27.4 Å². The lowest BCUT2D eigenvalue weighted by molar-refractivity contribution is 0.838. The van der Waals surface area contributed by atoms with E-state index in [2.05, 4.69) is 36.5 Å². The summed E-state index contributed by atoms with van der Waals surface area (Å²) in [5.41, 5.74) is 4.64. The second-order valence-corrected chi connectivity index (χ2v) is 8.14. The lowest BCUT2D eigenvalue weighted by Gasteiger charge is -2.14. The van der Waals surface area contributed by atoms with Crippen LogP contribution in [-0.4, -0.2) is 14.5 Å². The van der Waals surface area contributed by atoms with Crippen molar-refractivity contribution in [2.24, 2.45) is 0 Å². The minimum Gasteiger partial charge on any atom is -0.354 e. The second-order valence-electron chi connectivity index (χ2n) is 7.28. The van der Waals surface area contributed by atoms with E-state index in [9.17, 15) is 4.79 Å². The monoisotopic (exact) mass is 424 g/mol. The van der Waals surface area contributed by atoms with Crippen molar-refractivity contribution in [1.82, 2.24) is 14.5 Å². The molecule has 0 fully saturated rings. The molecule has 0 radical (unpaired) electrons. The Labute approximate surface area is 183 Å². The Kier molecular flexibility index (Phi) is 5.06. The van der Waals surface area contributed by atoms with Gasteiger partial charge in [-0.05, 0) is 31.2 Å². The maximum atomic E-state index is 13.3. The molecule has 0 aliphatic heterocycles. The molecule has 6 heteroatoms. The molecule has 0 atom stereocenters. The van der Waals surface area contributed by atoms with Crippen molar-refractivity contribution in [3.05, 3.63) is 106 Å². The molecule has 0 unspecified atom stereocenters. The van der Waals surface area contributed by atoms with Crippen LogP contribution in [0.2, 0.25) is 0 Å². The number of aromatic nitrogens is 3. The number of thiazole rings is 1. The molecule has 0 saturated heterocycles. The van der Waals surface area contributed by atoms with Gasteiger partial charge in [0.25, 0.3) is 5.56 Å². The molecule has 3 aromatic carbocycles. The number of aryl methyl sites for hydroxylation is 1. The number of nitrogens with one attached hydrogen (secondary N) is 1. The minimum atomic E-state index is -0.0758. The van der Waals surface area contributed by atoms with Crippen LogP contribution in [0.3, 0.4) is 0 Å². The van der Waals surface area contributed by atoms with Gasteiger partial charge in [0.1, 0.15) is 5.82 Å². The third-order valence-corrected chi connectivity index (χ3v) is 5.91. The molecule has 0 aliphatic carbocycles. The standard InChI is InChI=1S/C25H20N4OS/c1-17-11-13-18(14-12-17)22-16-31-25(28-22)26-15-23-27-21-10-6-5-9-20(21)24(30)29(23)19-7-3-2-4-8-19/h2-14,16H,15H2,1H3,(H,26,28). The quantitative estimate of drug-likeness (QED) is 0.409. The number of para-hydroxylation sites is 2. The third kappa shape index (κ3) is 3.85. The van der Waals surface area contributed by atoms with Gasteiger partial charge in [-0.3, -0.25) is 9.36 Å². The van der Waals surface area contributed by atoms with E-state index in [1.165, 1.54) is 16.9 Å². The Morgan fingerprint density at radius 2 is 1.65 bits per heavy atom. The van der Waals surface area contributed by atoms with Crippen LogP contribution in [0.25, 0.3) is 27.8 Å². The Morgan fingerprint density at radius 3 is 2.45 bits per heavy atom. The molecule has 5 rings (SSSR count). The maximum Gasteiger partial charge on any atom is 0.266 e. The SMILES string of the molecule is Cc1ccc(-c2csc(NCc3nc4ccccc4c(=O)n3-c3ccccc3)n2)cc1. The smallest absolute Gasteiger partial charge is 0.266 e. The van der Waals surface area contributed by atoms with Crippen LogP contribution in [-0.2, 0) is 6.54 Å². The normalized spacial score (nSPS) is 11.0. The lowest BCUT2D eigenvalue weighted by Crippen LogP contribution is -2.25. The van der Waals surface area contributed by atoms with E-state index in [-0.39, 0.29) is 5.56 Å². The highest BCUT2D eigenvalue weighted by Gasteiger charge is 2.13. The molecule has 2 aromatic heterocycles. The molecule has 1 N–H and O–H groups in total. The number of hydrogen-bond acceptors (Lipinski definition) is 5. The van der Waals surface area contributed by atoms with E-state index in [4.69, 9.17) is 9.97 Å². The van der Waals surface area contributed by atoms with Gasteiger partial charge in [-0.15, -0.1) is 11.3 Å². The average molecular weight is 425 g/mol. The first-order valence-corrected chi connectivity index (χ1v) is 10.9. The fourth-order valence-electron chi connectivity index (χ4n) is 3.51. The van der Waals surface area contributed by atoms with Gasteiger partial charge in [-0.25, -0.2) is 9.97 Å². The summed E-state index contributed by atoms with van der Waals surface area (Å²) in [6, 6.07) is 25.4. The summed E-state index contributed by atoms with van der Waals surface area (Å²) in [5, 5.41) is 6.77. The van der Waals surface area contributed by atoms with Gasteiger partial charge < -0.3 is 5.32 Å². The maximum absolute atomic E-state index is 13.3. The van der Waals surface area contributed by atoms with Crippen LogP contribution in [0.1, 0.15) is 11.4 Å². The van der Waals surface area contributed by atoms with Crippen LogP contribution >= 0.6 is 11.3 Å². The summed E-state index contributed by atoms with van der Waals surface area (Å²) >= 11 is 1.54. The van der Waals surface area contributed by atoms with Crippen LogP contribution in [0, 0.1) is 6.92 Å². The summed E-state index contributed by atoms with van der Waals surface area (Å²) in [6.45, 7) is 2.45. The summed E-state index contributed by atoms with van der Waals surface area (Å²) in [5.74, 6) is 0.641. The topological polar surface area (TPSA) is 59.8 Å². The van der Waals surface area contributed by atoms with Crippen molar-refractivity contribution in [3.63, 3.8) is 0 Å². The van der Waals surface area contributed by atoms with Gasteiger partial charge in [0.05, 0.1) is 28.8 Å². The zero-order valence-corrected chi connectivity index (χ0v) is 17.8. The molecular formula is C25H20N4OS. The molecule has 0 spiro atoms. The lowest BCUT2D eigenvalue weighted by atomic mass is 10.1. The van der Waals surface area contributed by atoms with E-state index in [0.717, 1.165) is 22.1 Å². The van der Waals surface area contributed by atoms with Gasteiger partial charge >= 0.3 is 0 Å². The number of rotatable bonds is 5. The Balaban J connectivity index is 1.49. The van der Waals surface area contributed by atoms with Gasteiger partial charge in [-0.1, -0.05) is 60.2 Å². The Bertz CT molecular complexity index is 1410. The number of fused-ring (bicyclic) bond motifs is 1. The molecule has 152 valence electrons. The van der Waals surface area contributed by atoms with Crippen molar-refractivity contribution in [2.75, 3.05) is 5.32 Å². The van der Waals surface area contributed by atoms with Crippen LogP contribution < -0.4 is 10.9 Å². The number of nitrogens with zero attached hydrogens (tertiary/aromatic N) is 3. The van der Waals surface area contributed by atoms with Gasteiger partial charge in [0.2, 0.25) is 0 Å². The summed E-state index contributed by atoms with van der Waals surface area (Å²) in [6.07, 6.45) is 0. The van der Waals surface area contributed by atoms with Gasteiger partial charge in [-0.2, -0.15) is 0 Å². The van der Waals surface area contributed by atoms with Gasteiger partial charge in [0, 0.05) is 10.9 Å². The van der Waals surface area contributed by atoms with Crippen LogP contribution in [0.4, 0.5) is 5.13 Å². The van der Waals surface area contributed by atoms with E-state index in [1.807, 2.05) is 60.0 Å². The average Bonchev–Trinajstić information content (AvgIpc) is 3.28. The molecule has 31 heavy (non-hydrogen) atoms. The number of anilines is 1. The Morgan fingerprint density at radius 1 is 0.903 bits per heavy atom. The fourth-order valence-corrected chi connectivity index (χ4v) is 4.23. The first kappa shape index (κ1) is 19.2. The van der Waals surface area contributed by atoms with E-state index < -0.39 is 0 Å². The molecule has 0 saturated carbocycles. The third-order valence-electron chi connectivity index (χ3n) is 5.11. The molecule has 0 bridgehead atoms. The minimum absolute atomic E-state index is 0.0758. The first-order valence-electron chi connectivity index (χ1n) is 10.0. The molecule has 5 nitrogen and oxygen atoms in total. The molecule has 0 aliphatic rings. The highest BCUT2D eigenvalue weighted by molar-refractivity contribution is 7.14. The predicted octanol–water partition coefficient (Wildman–Crippen LogP) is 5.43. The molecule has 2 heterocycles. The Hall–Kier alpha value is -3.77. The molecule has 5 aromatic rings. The largest absolute Gasteiger partial charge is 0.354 e. The van der Waals surface area contributed by atoms with Crippen molar-refractivity contribution < 1.29 is 0 Å². The number of benzene rings is 3. The van der Waals surface area contributed by atoms with Crippen molar-refractivity contribution in [3.8, 4) is 16.9 Å². The zero-order valence-electron chi connectivity index (χ0n) is 16.9. The number of hydrogen-bond donors (Lipinski definition) is 1. The summed E-state index contributed by atoms with van der Waals surface area (Å²) in [4.78, 5) is 22.7. The van der Waals surface area contributed by atoms with Gasteiger partial charge in [0.15, 0.2) is 5.13 Å². The summed E-state index contributed by atoms with van der Waals surface area (Å²) in [7, 11) is 0. The summed E-state index contributed by atoms with van der Waals surface area (Å²) < 4.78 is 1.67. The van der Waals surface area contributed by atoms with Crippen molar-refractivity contribution in [2.45, 2.75) is 13.5 Å². The van der Waals surface area contributed by atoms with E-state index >= 15 is 0 Å². The molecule has 0 amide bonds. The van der Waals surface area contributed by atoms with Crippen LogP contribution in [0.15, 0.2) is 89.0 Å². The van der Waals surface area contributed by atoms with E-state index in [0.29, 0.717) is 23.3 Å².